The predicted octanol–water partition coefficient (Wildman–Crippen LogP) is 2.13. The lowest BCUT2D eigenvalue weighted by Gasteiger charge is -2.21. The molecule has 4 heteroatoms. The third-order valence-corrected chi connectivity index (χ3v) is 4.00. The van der Waals surface area contributed by atoms with Gasteiger partial charge in [0.15, 0.2) is 11.4 Å². The Morgan fingerprint density at radius 3 is 2.48 bits per heavy atom. The number of benzene rings is 2. The highest BCUT2D eigenvalue weighted by Crippen LogP contribution is 2.42. The molecule has 0 aromatic heterocycles. The summed E-state index contributed by atoms with van der Waals surface area (Å²) in [7, 11) is 0. The van der Waals surface area contributed by atoms with E-state index in [1.165, 1.54) is 4.90 Å². The zero-order chi connectivity index (χ0) is 16.4. The van der Waals surface area contributed by atoms with Crippen molar-refractivity contribution in [1.82, 2.24) is 0 Å². The van der Waals surface area contributed by atoms with Gasteiger partial charge in [-0.25, -0.2) is 0 Å². The second-order valence-electron chi connectivity index (χ2n) is 5.44. The number of fused-ring (bicyclic) bond motifs is 1. The van der Waals surface area contributed by atoms with Gasteiger partial charge in [-0.1, -0.05) is 54.5 Å². The zero-order valence-electron chi connectivity index (χ0n) is 12.4. The lowest BCUT2D eigenvalue weighted by molar-refractivity contribution is -0.135. The van der Waals surface area contributed by atoms with Gasteiger partial charge in [0, 0.05) is 11.1 Å². The lowest BCUT2D eigenvalue weighted by atomic mass is 9.88. The molecule has 0 bridgehead atoms. The molecule has 0 saturated carbocycles. The summed E-state index contributed by atoms with van der Waals surface area (Å²) in [5, 5.41) is 11.0. The molecule has 1 atom stereocenters. The van der Waals surface area contributed by atoms with Crippen molar-refractivity contribution in [3.8, 4) is 12.3 Å². The van der Waals surface area contributed by atoms with Gasteiger partial charge in [0.1, 0.15) is 0 Å². The molecule has 4 nitrogen and oxygen atoms in total. The van der Waals surface area contributed by atoms with Gasteiger partial charge in [0.05, 0.1) is 18.7 Å². The van der Waals surface area contributed by atoms with Gasteiger partial charge in [-0.15, -0.1) is 6.42 Å². The van der Waals surface area contributed by atoms with E-state index in [1.807, 2.05) is 0 Å². The summed E-state index contributed by atoms with van der Waals surface area (Å²) in [6.45, 7) is 0.0533. The first-order chi connectivity index (χ1) is 11.1. The van der Waals surface area contributed by atoms with E-state index < -0.39 is 11.5 Å². The summed E-state index contributed by atoms with van der Waals surface area (Å²) in [5.74, 6) is 1.57. The van der Waals surface area contributed by atoms with Crippen molar-refractivity contribution in [3.63, 3.8) is 0 Å². The van der Waals surface area contributed by atoms with Gasteiger partial charge >= 0.3 is 0 Å². The first-order valence-electron chi connectivity index (χ1n) is 7.23. The molecule has 114 valence electrons. The van der Waals surface area contributed by atoms with Gasteiger partial charge in [0.2, 0.25) is 0 Å². The van der Waals surface area contributed by atoms with Gasteiger partial charge in [0.25, 0.3) is 5.91 Å². The first kappa shape index (κ1) is 15.0. The average molecular weight is 305 g/mol. The van der Waals surface area contributed by atoms with Gasteiger partial charge in [-0.05, 0) is 6.07 Å². The highest BCUT2D eigenvalue weighted by atomic mass is 16.3. The second-order valence-corrected chi connectivity index (χ2v) is 5.44. The van der Waals surface area contributed by atoms with Crippen LogP contribution in [0.2, 0.25) is 0 Å². The van der Waals surface area contributed by atoms with Crippen molar-refractivity contribution in [2.24, 2.45) is 0 Å². The molecular formula is C19H15NO3. The average Bonchev–Trinajstić information content (AvgIpc) is 2.78. The molecule has 0 spiro atoms. The van der Waals surface area contributed by atoms with Crippen molar-refractivity contribution in [1.29, 1.82) is 0 Å². The Bertz CT molecular complexity index is 807. The summed E-state index contributed by atoms with van der Waals surface area (Å²) >= 11 is 0. The number of anilines is 1. The van der Waals surface area contributed by atoms with Crippen LogP contribution in [0.1, 0.15) is 22.3 Å². The summed E-state index contributed by atoms with van der Waals surface area (Å²) in [5.41, 5.74) is -0.439. The normalized spacial score (nSPS) is 19.3. The Hall–Kier alpha value is -2.90. The molecule has 3 rings (SSSR count). The van der Waals surface area contributed by atoms with Crippen LogP contribution >= 0.6 is 0 Å². The summed E-state index contributed by atoms with van der Waals surface area (Å²) in [6.07, 6.45) is 5.00. The van der Waals surface area contributed by atoms with Crippen LogP contribution in [0.25, 0.3) is 0 Å². The number of hydrogen-bond acceptors (Lipinski definition) is 3. The number of nitrogens with zero attached hydrogens (tertiary/aromatic N) is 1. The molecule has 1 N–H and O–H groups in total. The number of amides is 1. The first-order valence-corrected chi connectivity index (χ1v) is 7.23. The van der Waals surface area contributed by atoms with Crippen LogP contribution in [0.5, 0.6) is 0 Å². The summed E-state index contributed by atoms with van der Waals surface area (Å²) in [6, 6.07) is 15.5. The molecule has 0 unspecified atom stereocenters. The zero-order valence-corrected chi connectivity index (χ0v) is 12.4. The van der Waals surface area contributed by atoms with Crippen molar-refractivity contribution in [3.05, 3.63) is 65.7 Å². The highest BCUT2D eigenvalue weighted by molar-refractivity contribution is 6.10. The maximum atomic E-state index is 12.7. The SMILES string of the molecule is C#CCN1C(=O)[C@@](O)(CC(=O)c2ccccc2)c2ccccc21. The molecule has 1 aliphatic rings. The number of hydrogen-bond donors (Lipinski definition) is 1. The van der Waals surface area contributed by atoms with E-state index in [9.17, 15) is 14.7 Å². The van der Waals surface area contributed by atoms with Gasteiger partial charge in [-0.3, -0.25) is 14.5 Å². The molecule has 0 fully saturated rings. The minimum absolute atomic E-state index is 0.0533. The number of ketones is 1. The van der Waals surface area contributed by atoms with E-state index >= 15 is 0 Å². The maximum absolute atomic E-state index is 12.7. The van der Waals surface area contributed by atoms with E-state index in [-0.39, 0.29) is 18.7 Å². The van der Waals surface area contributed by atoms with E-state index in [1.54, 1.807) is 54.6 Å². The third-order valence-electron chi connectivity index (χ3n) is 4.00. The summed E-state index contributed by atoms with van der Waals surface area (Å²) < 4.78 is 0. The third kappa shape index (κ3) is 2.41. The number of carbonyl (C=O) groups is 2. The molecule has 1 heterocycles. The fraction of sp³-hybridized carbons (Fsp3) is 0.158. The van der Waals surface area contributed by atoms with Crippen LogP contribution in [-0.4, -0.2) is 23.3 Å². The number of carbonyl (C=O) groups excluding carboxylic acids is 2. The molecular weight excluding hydrogens is 290 g/mol. The molecule has 2 aromatic rings. The molecule has 0 saturated heterocycles. The fourth-order valence-corrected chi connectivity index (χ4v) is 2.88. The smallest absolute Gasteiger partial charge is 0.265 e. The van der Waals surface area contributed by atoms with Crippen molar-refractivity contribution >= 4 is 17.4 Å². The van der Waals surface area contributed by atoms with Crippen LogP contribution in [0.15, 0.2) is 54.6 Å². The van der Waals surface area contributed by atoms with Crippen LogP contribution in [0.3, 0.4) is 0 Å². The molecule has 1 aliphatic heterocycles. The monoisotopic (exact) mass is 305 g/mol. The van der Waals surface area contributed by atoms with Gasteiger partial charge in [-0.2, -0.15) is 0 Å². The van der Waals surface area contributed by atoms with Crippen molar-refractivity contribution < 1.29 is 14.7 Å². The summed E-state index contributed by atoms with van der Waals surface area (Å²) in [4.78, 5) is 26.5. The quantitative estimate of drug-likeness (QED) is 0.695. The Morgan fingerprint density at radius 2 is 1.78 bits per heavy atom. The topological polar surface area (TPSA) is 57.6 Å². The fourth-order valence-electron chi connectivity index (χ4n) is 2.88. The van der Waals surface area contributed by atoms with Crippen LogP contribution in [0.4, 0.5) is 5.69 Å². The lowest BCUT2D eigenvalue weighted by Crippen LogP contribution is -2.42. The van der Waals surface area contributed by atoms with Crippen LogP contribution in [-0.2, 0) is 10.4 Å². The highest BCUT2D eigenvalue weighted by Gasteiger charge is 2.50. The molecule has 0 radical (unpaired) electrons. The number of aliphatic hydroxyl groups is 1. The Morgan fingerprint density at radius 1 is 1.13 bits per heavy atom. The molecule has 1 amide bonds. The van der Waals surface area contributed by atoms with E-state index in [0.717, 1.165) is 0 Å². The van der Waals surface area contributed by atoms with Crippen molar-refractivity contribution in [2.75, 3.05) is 11.4 Å². The standard InChI is InChI=1S/C19H15NO3/c1-2-12-20-16-11-7-6-10-15(16)19(23,18(20)22)13-17(21)14-8-4-3-5-9-14/h1,3-11,23H,12-13H2/t19-/m1/s1. The Labute approximate surface area is 134 Å². The van der Waals surface area contributed by atoms with Crippen molar-refractivity contribution in [2.45, 2.75) is 12.0 Å². The van der Waals surface area contributed by atoms with E-state index in [0.29, 0.717) is 16.8 Å². The van der Waals surface area contributed by atoms with Crippen LogP contribution in [0, 0.1) is 12.3 Å². The maximum Gasteiger partial charge on any atom is 0.265 e. The Balaban J connectivity index is 1.99. The molecule has 2 aromatic carbocycles. The minimum Gasteiger partial charge on any atom is -0.375 e. The number of rotatable bonds is 4. The molecule has 0 aliphatic carbocycles. The minimum atomic E-state index is -1.87. The number of para-hydroxylation sites is 1. The number of Topliss-reactive ketones (excluding diaryl/α,β-unsaturated/α-hetero) is 1. The van der Waals surface area contributed by atoms with Gasteiger partial charge < -0.3 is 5.11 Å². The largest absolute Gasteiger partial charge is 0.375 e. The predicted molar refractivity (Wildman–Crippen MR) is 86.9 cm³/mol. The van der Waals surface area contributed by atoms with E-state index in [4.69, 9.17) is 6.42 Å². The van der Waals surface area contributed by atoms with Crippen LogP contribution < -0.4 is 4.90 Å². The van der Waals surface area contributed by atoms with E-state index in [2.05, 4.69) is 5.92 Å². The second kappa shape index (κ2) is 5.71. The molecule has 23 heavy (non-hydrogen) atoms. The number of terminal acetylenes is 1. The Kier molecular flexibility index (Phi) is 3.73.